The second kappa shape index (κ2) is 5.44. The highest BCUT2D eigenvalue weighted by atomic mass is 35.5. The van der Waals surface area contributed by atoms with Crippen LogP contribution < -0.4 is 5.32 Å². The predicted octanol–water partition coefficient (Wildman–Crippen LogP) is 2.92. The number of hydrogen-bond donors (Lipinski definition) is 1. The monoisotopic (exact) mass is 328 g/mol. The molecule has 2 aromatic heterocycles. The molecule has 0 spiro atoms. The maximum Gasteiger partial charge on any atom is 0.248 e. The van der Waals surface area contributed by atoms with Crippen LogP contribution in [0.2, 0.25) is 5.02 Å². The largest absolute Gasteiger partial charge is 0.323 e. The molecule has 3 aromatic rings. The zero-order chi connectivity index (χ0) is 15.8. The summed E-state index contributed by atoms with van der Waals surface area (Å²) in [4.78, 5) is 4.10. The molecule has 1 aromatic carbocycles. The van der Waals surface area contributed by atoms with Crippen LogP contribution in [0.4, 0.5) is 10.3 Å². The molecule has 1 N–H and O–H groups in total. The zero-order valence-corrected chi connectivity index (χ0v) is 12.4. The fourth-order valence-electron chi connectivity index (χ4n) is 2.54. The average Bonchev–Trinajstić information content (AvgIpc) is 3.04. The molecule has 0 saturated carbocycles. The van der Waals surface area contributed by atoms with E-state index in [9.17, 15) is 4.39 Å². The van der Waals surface area contributed by atoms with Gasteiger partial charge in [0.15, 0.2) is 0 Å². The minimum Gasteiger partial charge on any atom is -0.323 e. The van der Waals surface area contributed by atoms with Crippen molar-refractivity contribution in [3.8, 4) is 0 Å². The third-order valence-corrected chi connectivity index (χ3v) is 3.92. The van der Waals surface area contributed by atoms with Gasteiger partial charge in [0.05, 0.1) is 0 Å². The lowest BCUT2D eigenvalue weighted by Gasteiger charge is -2.24. The summed E-state index contributed by atoms with van der Waals surface area (Å²) in [6.07, 6.45) is 5.21. The van der Waals surface area contributed by atoms with Gasteiger partial charge in [0, 0.05) is 34.2 Å². The number of rotatable bonds is 2. The number of benzene rings is 1. The van der Waals surface area contributed by atoms with E-state index in [0.29, 0.717) is 16.5 Å². The van der Waals surface area contributed by atoms with Crippen LogP contribution in [0, 0.1) is 5.82 Å². The van der Waals surface area contributed by atoms with Gasteiger partial charge < -0.3 is 5.32 Å². The summed E-state index contributed by atoms with van der Waals surface area (Å²) in [6, 6.07) is 7.74. The van der Waals surface area contributed by atoms with Crippen molar-refractivity contribution in [2.45, 2.75) is 6.04 Å². The van der Waals surface area contributed by atoms with E-state index in [4.69, 9.17) is 11.6 Å². The maximum atomic E-state index is 14.3. The van der Waals surface area contributed by atoms with Gasteiger partial charge in [0.2, 0.25) is 5.95 Å². The molecule has 0 bridgehead atoms. The second-order valence-corrected chi connectivity index (χ2v) is 5.38. The van der Waals surface area contributed by atoms with Gasteiger partial charge in [-0.2, -0.15) is 4.68 Å². The lowest BCUT2D eigenvalue weighted by atomic mass is 10.0. The van der Waals surface area contributed by atoms with Gasteiger partial charge in [-0.15, -0.1) is 0 Å². The molecule has 1 aliphatic heterocycles. The van der Waals surface area contributed by atoms with Gasteiger partial charge in [-0.1, -0.05) is 22.8 Å². The Morgan fingerprint density at radius 3 is 2.91 bits per heavy atom. The molecule has 23 heavy (non-hydrogen) atoms. The number of pyridine rings is 1. The van der Waals surface area contributed by atoms with E-state index in [1.54, 1.807) is 24.5 Å². The van der Waals surface area contributed by atoms with E-state index >= 15 is 0 Å². The van der Waals surface area contributed by atoms with Gasteiger partial charge in [0.1, 0.15) is 11.9 Å². The Bertz CT molecular complexity index is 872. The van der Waals surface area contributed by atoms with Gasteiger partial charge in [-0.3, -0.25) is 4.98 Å². The molecule has 1 atom stereocenters. The van der Waals surface area contributed by atoms with E-state index in [0.717, 1.165) is 11.3 Å². The molecule has 3 heterocycles. The molecule has 0 fully saturated rings. The summed E-state index contributed by atoms with van der Waals surface area (Å²) in [6.45, 7) is 0. The van der Waals surface area contributed by atoms with Crippen LogP contribution in [-0.4, -0.2) is 25.2 Å². The molecule has 114 valence electrons. The fraction of sp³-hybridized carbons (Fsp3) is 0.0667. The number of hydrogen-bond acceptors (Lipinski definition) is 5. The molecule has 8 heteroatoms. The number of nitrogens with one attached hydrogen (secondary N) is 1. The Balaban J connectivity index is 1.89. The lowest BCUT2D eigenvalue weighted by Crippen LogP contribution is -2.21. The average molecular weight is 329 g/mol. The highest BCUT2D eigenvalue weighted by molar-refractivity contribution is 6.31. The first-order chi connectivity index (χ1) is 11.2. The van der Waals surface area contributed by atoms with Crippen LogP contribution >= 0.6 is 11.6 Å². The van der Waals surface area contributed by atoms with Crippen molar-refractivity contribution in [1.82, 2.24) is 25.2 Å². The third kappa shape index (κ3) is 2.35. The summed E-state index contributed by atoms with van der Waals surface area (Å²) in [5.41, 5.74) is 1.91. The fourth-order valence-corrected chi connectivity index (χ4v) is 2.82. The van der Waals surface area contributed by atoms with Crippen LogP contribution in [0.5, 0.6) is 0 Å². The summed E-state index contributed by atoms with van der Waals surface area (Å²) >= 11 is 6.21. The molecule has 0 aliphatic carbocycles. The Morgan fingerprint density at radius 1 is 1.22 bits per heavy atom. The zero-order valence-electron chi connectivity index (χ0n) is 11.7. The summed E-state index contributed by atoms with van der Waals surface area (Å²) in [5.74, 6) is 0.00306. The Morgan fingerprint density at radius 2 is 2.13 bits per heavy atom. The van der Waals surface area contributed by atoms with Crippen molar-refractivity contribution in [2.75, 3.05) is 5.32 Å². The number of allylic oxidation sites excluding steroid dienone is 1. The van der Waals surface area contributed by atoms with Crippen LogP contribution in [0.25, 0.3) is 5.70 Å². The number of aromatic nitrogens is 5. The van der Waals surface area contributed by atoms with E-state index in [1.165, 1.54) is 10.7 Å². The van der Waals surface area contributed by atoms with Gasteiger partial charge >= 0.3 is 0 Å². The number of anilines is 1. The molecule has 4 rings (SSSR count). The molecular weight excluding hydrogens is 319 g/mol. The molecule has 1 aliphatic rings. The highest BCUT2D eigenvalue weighted by Gasteiger charge is 2.28. The van der Waals surface area contributed by atoms with Crippen molar-refractivity contribution >= 4 is 23.2 Å². The third-order valence-electron chi connectivity index (χ3n) is 3.60. The van der Waals surface area contributed by atoms with Crippen molar-refractivity contribution in [2.24, 2.45) is 0 Å². The van der Waals surface area contributed by atoms with Gasteiger partial charge in [0.25, 0.3) is 0 Å². The lowest BCUT2D eigenvalue weighted by molar-refractivity contribution is 0.540. The first-order valence-electron chi connectivity index (χ1n) is 6.85. The first-order valence-corrected chi connectivity index (χ1v) is 7.23. The minimum absolute atomic E-state index is 0.320. The molecule has 0 saturated heterocycles. The molecule has 1 unspecified atom stereocenters. The van der Waals surface area contributed by atoms with Crippen LogP contribution in [0.3, 0.4) is 0 Å². The molecule has 6 nitrogen and oxygen atoms in total. The van der Waals surface area contributed by atoms with E-state index in [1.807, 2.05) is 18.2 Å². The van der Waals surface area contributed by atoms with Crippen LogP contribution in [-0.2, 0) is 0 Å². The SMILES string of the molecule is Fc1cccc(Cl)c1C1C=C(c2cccnc2)Nc2nnnn21. The smallest absolute Gasteiger partial charge is 0.248 e. The molecule has 0 radical (unpaired) electrons. The number of halogens is 2. The van der Waals surface area contributed by atoms with Gasteiger partial charge in [-0.05, 0) is 40.8 Å². The van der Waals surface area contributed by atoms with Crippen LogP contribution in [0.1, 0.15) is 17.2 Å². The van der Waals surface area contributed by atoms with E-state index in [2.05, 4.69) is 25.8 Å². The first kappa shape index (κ1) is 13.8. The summed E-state index contributed by atoms with van der Waals surface area (Å²) in [5, 5.41) is 15.0. The Hall–Kier alpha value is -2.80. The van der Waals surface area contributed by atoms with Crippen molar-refractivity contribution in [3.63, 3.8) is 0 Å². The summed E-state index contributed by atoms with van der Waals surface area (Å²) < 4.78 is 15.8. The number of fused-ring (bicyclic) bond motifs is 1. The van der Waals surface area contributed by atoms with Crippen molar-refractivity contribution in [1.29, 1.82) is 0 Å². The molecular formula is C15H10ClFN6. The van der Waals surface area contributed by atoms with E-state index in [-0.39, 0.29) is 0 Å². The summed E-state index contributed by atoms with van der Waals surface area (Å²) in [7, 11) is 0. The second-order valence-electron chi connectivity index (χ2n) is 4.97. The minimum atomic E-state index is -0.551. The van der Waals surface area contributed by atoms with E-state index < -0.39 is 11.9 Å². The predicted molar refractivity (Wildman–Crippen MR) is 83.2 cm³/mol. The normalized spacial score (nSPS) is 16.4. The van der Waals surface area contributed by atoms with Crippen molar-refractivity contribution < 1.29 is 4.39 Å². The van der Waals surface area contributed by atoms with Crippen molar-refractivity contribution in [3.05, 3.63) is 70.8 Å². The van der Waals surface area contributed by atoms with Crippen LogP contribution in [0.15, 0.2) is 48.8 Å². The quantitative estimate of drug-likeness (QED) is 0.783. The Kier molecular flexibility index (Phi) is 3.27. The number of nitrogens with zero attached hydrogens (tertiary/aromatic N) is 5. The topological polar surface area (TPSA) is 68.5 Å². The molecule has 0 amide bonds. The standard InChI is InChI=1S/C15H10ClFN6/c16-10-4-1-5-11(17)14(10)13-7-12(9-3-2-6-18-8-9)19-15-20-21-22-23(13)15/h1-8,13H,(H,19,20,22). The Labute approximate surface area is 135 Å². The maximum absolute atomic E-state index is 14.3. The highest BCUT2D eigenvalue weighted by Crippen LogP contribution is 2.35. The number of tetrazole rings is 1. The van der Waals surface area contributed by atoms with Gasteiger partial charge in [-0.25, -0.2) is 4.39 Å².